The molecule has 0 aromatic rings. The molecule has 0 amide bonds. The molecule has 0 spiro atoms. The van der Waals surface area contributed by atoms with Crippen LogP contribution in [0.15, 0.2) is 11.6 Å². The van der Waals surface area contributed by atoms with Crippen LogP contribution in [-0.2, 0) is 0 Å². The van der Waals surface area contributed by atoms with E-state index in [0.29, 0.717) is 0 Å². The summed E-state index contributed by atoms with van der Waals surface area (Å²) in [6.07, 6.45) is 2.29. The van der Waals surface area contributed by atoms with Crippen LogP contribution in [0.5, 0.6) is 0 Å². The van der Waals surface area contributed by atoms with Gasteiger partial charge in [0.05, 0.1) is 0 Å². The van der Waals surface area contributed by atoms with Crippen LogP contribution < -0.4 is 0 Å². The standard InChI is InChI=1S/C6H11.Sn/c1-4-5-6(2)3;/h4-5H,1-3H3;. The van der Waals surface area contributed by atoms with Gasteiger partial charge in [-0.15, -0.1) is 0 Å². The molecule has 0 aliphatic carbocycles. The summed E-state index contributed by atoms with van der Waals surface area (Å²) in [7, 11) is 0. The van der Waals surface area contributed by atoms with Gasteiger partial charge in [0.1, 0.15) is 0 Å². The first-order valence-electron chi connectivity index (χ1n) is 2.49. The summed E-state index contributed by atoms with van der Waals surface area (Å²) in [5, 5.41) is 0. The molecule has 0 aromatic heterocycles. The van der Waals surface area contributed by atoms with E-state index in [9.17, 15) is 0 Å². The molecule has 0 aromatic carbocycles. The van der Waals surface area contributed by atoms with Crippen molar-refractivity contribution < 1.29 is 0 Å². The number of hydrogen-bond acceptors (Lipinski definition) is 0. The van der Waals surface area contributed by atoms with Crippen LogP contribution in [0.4, 0.5) is 0 Å². The van der Waals surface area contributed by atoms with Crippen molar-refractivity contribution in [2.75, 3.05) is 0 Å². The SMILES string of the molecule is CC(C)=C[CH](C)[Sn]. The molecule has 7 heavy (non-hydrogen) atoms. The Hall–Kier alpha value is 0.539. The third-order valence-corrected chi connectivity index (χ3v) is 1.06. The molecule has 0 saturated heterocycles. The molecule has 39 valence electrons. The third-order valence-electron chi connectivity index (χ3n) is 0.583. The summed E-state index contributed by atoms with van der Waals surface area (Å²) in [5.74, 6) is 0. The van der Waals surface area contributed by atoms with Gasteiger partial charge < -0.3 is 0 Å². The van der Waals surface area contributed by atoms with Gasteiger partial charge in [0, 0.05) is 0 Å². The first-order valence-corrected chi connectivity index (χ1v) is 4.14. The van der Waals surface area contributed by atoms with Crippen LogP contribution in [0.1, 0.15) is 20.8 Å². The molecule has 1 heteroatoms. The van der Waals surface area contributed by atoms with Crippen molar-refractivity contribution in [3.63, 3.8) is 0 Å². The van der Waals surface area contributed by atoms with E-state index < -0.39 is 0 Å². The van der Waals surface area contributed by atoms with Gasteiger partial charge in [-0.1, -0.05) is 0 Å². The van der Waals surface area contributed by atoms with E-state index in [-0.39, 0.29) is 0 Å². The Kier molecular flexibility index (Phi) is 3.80. The molecular formula is C6H11Sn. The van der Waals surface area contributed by atoms with Crippen molar-refractivity contribution in [2.45, 2.75) is 24.7 Å². The van der Waals surface area contributed by atoms with Crippen LogP contribution in [-0.4, -0.2) is 22.5 Å². The number of hydrogen-bond donors (Lipinski definition) is 0. The molecule has 0 aliphatic rings. The molecule has 0 fully saturated rings. The van der Waals surface area contributed by atoms with Gasteiger partial charge in [-0.25, -0.2) is 0 Å². The third kappa shape index (κ3) is 6.54. The van der Waals surface area contributed by atoms with Gasteiger partial charge in [0.2, 0.25) is 0 Å². The number of allylic oxidation sites excluding steroid dienone is 2. The monoisotopic (exact) mass is 203 g/mol. The fourth-order valence-electron chi connectivity index (χ4n) is 0.500. The molecule has 0 N–H and O–H groups in total. The second-order valence-corrected chi connectivity index (χ2v) is 4.63. The quantitative estimate of drug-likeness (QED) is 0.450. The van der Waals surface area contributed by atoms with Crippen LogP contribution in [0.2, 0.25) is 3.93 Å². The first kappa shape index (κ1) is 7.54. The summed E-state index contributed by atoms with van der Waals surface area (Å²) in [5.41, 5.74) is 1.43. The Bertz CT molecular complexity index is 68.2. The zero-order valence-electron chi connectivity index (χ0n) is 5.15. The predicted molar refractivity (Wildman–Crippen MR) is 34.6 cm³/mol. The van der Waals surface area contributed by atoms with E-state index in [0.717, 1.165) is 3.93 Å². The minimum atomic E-state index is 0.803. The van der Waals surface area contributed by atoms with Gasteiger partial charge in [0.25, 0.3) is 0 Å². The Morgan fingerprint density at radius 3 is 2.00 bits per heavy atom. The van der Waals surface area contributed by atoms with E-state index in [1.54, 1.807) is 22.5 Å². The molecular weight excluding hydrogens is 191 g/mol. The fraction of sp³-hybridized carbons (Fsp3) is 0.667. The van der Waals surface area contributed by atoms with Crippen LogP contribution >= 0.6 is 0 Å². The molecule has 3 radical (unpaired) electrons. The van der Waals surface area contributed by atoms with Gasteiger partial charge in [0.15, 0.2) is 0 Å². The normalized spacial score (nSPS) is 13.1. The summed E-state index contributed by atoms with van der Waals surface area (Å²) >= 11 is 1.61. The van der Waals surface area contributed by atoms with Crippen molar-refractivity contribution in [3.05, 3.63) is 11.6 Å². The molecule has 0 heterocycles. The van der Waals surface area contributed by atoms with Crippen molar-refractivity contribution >= 4 is 22.5 Å². The van der Waals surface area contributed by atoms with Crippen molar-refractivity contribution in [1.29, 1.82) is 0 Å². The molecule has 0 bridgehead atoms. The van der Waals surface area contributed by atoms with E-state index in [1.807, 2.05) is 0 Å². The summed E-state index contributed by atoms with van der Waals surface area (Å²) in [6, 6.07) is 0. The Morgan fingerprint density at radius 2 is 2.00 bits per heavy atom. The first-order chi connectivity index (χ1) is 3.13. The van der Waals surface area contributed by atoms with Gasteiger partial charge >= 0.3 is 58.9 Å². The van der Waals surface area contributed by atoms with E-state index in [4.69, 9.17) is 0 Å². The van der Waals surface area contributed by atoms with Gasteiger partial charge in [-0.2, -0.15) is 0 Å². The van der Waals surface area contributed by atoms with Crippen molar-refractivity contribution in [1.82, 2.24) is 0 Å². The Labute approximate surface area is 59.1 Å². The van der Waals surface area contributed by atoms with E-state index >= 15 is 0 Å². The molecule has 0 nitrogen and oxygen atoms in total. The molecule has 1 unspecified atom stereocenters. The van der Waals surface area contributed by atoms with Crippen LogP contribution in [0, 0.1) is 0 Å². The average Bonchev–Trinajstić information content (AvgIpc) is 1.27. The second kappa shape index (κ2) is 3.53. The van der Waals surface area contributed by atoms with Gasteiger partial charge in [-0.3, -0.25) is 0 Å². The molecule has 0 aliphatic heterocycles. The molecule has 0 saturated carbocycles. The van der Waals surface area contributed by atoms with Gasteiger partial charge in [-0.05, 0) is 0 Å². The minimum absolute atomic E-state index is 0.803. The van der Waals surface area contributed by atoms with E-state index in [1.165, 1.54) is 5.57 Å². The fourth-order valence-corrected chi connectivity index (χ4v) is 1.45. The van der Waals surface area contributed by atoms with Crippen molar-refractivity contribution in [3.8, 4) is 0 Å². The average molecular weight is 202 g/mol. The van der Waals surface area contributed by atoms with Crippen molar-refractivity contribution in [2.24, 2.45) is 0 Å². The van der Waals surface area contributed by atoms with E-state index in [2.05, 4.69) is 26.8 Å². The molecule has 0 rings (SSSR count). The Morgan fingerprint density at radius 1 is 1.57 bits per heavy atom. The van der Waals surface area contributed by atoms with Crippen LogP contribution in [0.3, 0.4) is 0 Å². The summed E-state index contributed by atoms with van der Waals surface area (Å²) in [6.45, 7) is 6.51. The zero-order chi connectivity index (χ0) is 5.86. The maximum atomic E-state index is 2.29. The topological polar surface area (TPSA) is 0 Å². The number of rotatable bonds is 1. The molecule has 1 atom stereocenters. The van der Waals surface area contributed by atoms with Crippen LogP contribution in [0.25, 0.3) is 0 Å². The zero-order valence-corrected chi connectivity index (χ0v) is 8.01. The summed E-state index contributed by atoms with van der Waals surface area (Å²) in [4.78, 5) is 0. The second-order valence-electron chi connectivity index (χ2n) is 2.03. The summed E-state index contributed by atoms with van der Waals surface area (Å²) < 4.78 is 0.803. The maximum absolute atomic E-state index is 2.29. The predicted octanol–water partition coefficient (Wildman–Crippen LogP) is 1.93. The Balaban J connectivity index is 3.45.